The van der Waals surface area contributed by atoms with Crippen molar-refractivity contribution < 1.29 is 9.90 Å². The summed E-state index contributed by atoms with van der Waals surface area (Å²) >= 11 is 3.32. The van der Waals surface area contributed by atoms with Crippen molar-refractivity contribution in [2.24, 2.45) is 0 Å². The molecule has 0 unspecified atom stereocenters. The van der Waals surface area contributed by atoms with Crippen LogP contribution in [0.4, 0.5) is 0 Å². The number of aromatic hydroxyl groups is 1. The second-order valence-corrected chi connectivity index (χ2v) is 4.73. The van der Waals surface area contributed by atoms with E-state index in [1.807, 2.05) is 6.07 Å². The molecule has 2 aromatic rings. The van der Waals surface area contributed by atoms with E-state index in [2.05, 4.69) is 15.9 Å². The monoisotopic (exact) mass is 290 g/mol. The molecule has 3 heteroatoms. The fourth-order valence-corrected chi connectivity index (χ4v) is 2.23. The number of carbonyl (C=O) groups is 1. The molecule has 2 rings (SSSR count). The molecule has 2 aromatic carbocycles. The molecule has 17 heavy (non-hydrogen) atoms. The number of carbonyl (C=O) groups excluding carboxylic acids is 1. The highest BCUT2D eigenvalue weighted by Crippen LogP contribution is 2.28. The van der Waals surface area contributed by atoms with E-state index in [1.54, 1.807) is 43.3 Å². The van der Waals surface area contributed by atoms with Crippen LogP contribution in [0.3, 0.4) is 0 Å². The molecule has 0 heterocycles. The molecule has 0 aliphatic rings. The highest BCUT2D eigenvalue weighted by Gasteiger charge is 2.15. The van der Waals surface area contributed by atoms with Crippen molar-refractivity contribution >= 4 is 21.7 Å². The van der Waals surface area contributed by atoms with Gasteiger partial charge in [0.05, 0.1) is 5.56 Å². The summed E-state index contributed by atoms with van der Waals surface area (Å²) in [5, 5.41) is 9.91. The third kappa shape index (κ3) is 2.39. The summed E-state index contributed by atoms with van der Waals surface area (Å²) in [7, 11) is 0. The van der Waals surface area contributed by atoms with Gasteiger partial charge in [0.1, 0.15) is 5.75 Å². The van der Waals surface area contributed by atoms with Gasteiger partial charge in [-0.2, -0.15) is 0 Å². The van der Waals surface area contributed by atoms with Crippen molar-refractivity contribution in [3.8, 4) is 5.75 Å². The van der Waals surface area contributed by atoms with Crippen molar-refractivity contribution in [2.75, 3.05) is 0 Å². The van der Waals surface area contributed by atoms with Crippen LogP contribution in [0.15, 0.2) is 46.9 Å². The molecule has 0 radical (unpaired) electrons. The topological polar surface area (TPSA) is 37.3 Å². The van der Waals surface area contributed by atoms with E-state index in [9.17, 15) is 9.90 Å². The van der Waals surface area contributed by atoms with Crippen molar-refractivity contribution in [1.29, 1.82) is 0 Å². The molecule has 0 atom stereocenters. The normalized spacial score (nSPS) is 10.2. The Bertz CT molecular complexity index is 562. The quantitative estimate of drug-likeness (QED) is 0.857. The van der Waals surface area contributed by atoms with Crippen LogP contribution >= 0.6 is 15.9 Å². The Hall–Kier alpha value is -1.61. The molecular weight excluding hydrogens is 280 g/mol. The third-order valence-corrected chi connectivity index (χ3v) is 3.00. The predicted molar refractivity (Wildman–Crippen MR) is 70.4 cm³/mol. The second kappa shape index (κ2) is 4.72. The lowest BCUT2D eigenvalue weighted by molar-refractivity contribution is 0.103. The van der Waals surface area contributed by atoms with Gasteiger partial charge in [-0.05, 0) is 24.6 Å². The molecule has 86 valence electrons. The van der Waals surface area contributed by atoms with E-state index in [0.717, 1.165) is 4.47 Å². The molecule has 0 saturated carbocycles. The number of phenolic OH excluding ortho intramolecular Hbond substituents is 1. The lowest BCUT2D eigenvalue weighted by atomic mass is 10.0. The molecule has 0 bridgehead atoms. The maximum Gasteiger partial charge on any atom is 0.196 e. The number of ketones is 1. The standard InChI is InChI=1S/C14H11BrO2/c1-9-7-11(15)8-12(13(9)16)14(17)10-5-3-2-4-6-10/h2-8,16H,1H3. The highest BCUT2D eigenvalue weighted by atomic mass is 79.9. The SMILES string of the molecule is Cc1cc(Br)cc(C(=O)c2ccccc2)c1O. The first-order valence-corrected chi connectivity index (χ1v) is 5.98. The molecular formula is C14H11BrO2. The van der Waals surface area contributed by atoms with Crippen LogP contribution in [0.1, 0.15) is 21.5 Å². The van der Waals surface area contributed by atoms with E-state index < -0.39 is 0 Å². The number of rotatable bonds is 2. The van der Waals surface area contributed by atoms with Gasteiger partial charge in [-0.25, -0.2) is 0 Å². The number of aryl methyl sites for hydroxylation is 1. The lowest BCUT2D eigenvalue weighted by Gasteiger charge is -2.07. The molecule has 1 N–H and O–H groups in total. The Morgan fingerprint density at radius 1 is 1.18 bits per heavy atom. The van der Waals surface area contributed by atoms with Crippen molar-refractivity contribution in [2.45, 2.75) is 6.92 Å². The van der Waals surface area contributed by atoms with Crippen LogP contribution < -0.4 is 0 Å². The van der Waals surface area contributed by atoms with Crippen LogP contribution in [0.25, 0.3) is 0 Å². The van der Waals surface area contributed by atoms with E-state index in [4.69, 9.17) is 0 Å². The van der Waals surface area contributed by atoms with Gasteiger partial charge < -0.3 is 5.11 Å². The average Bonchev–Trinajstić information content (AvgIpc) is 2.34. The lowest BCUT2D eigenvalue weighted by Crippen LogP contribution is -2.02. The molecule has 0 amide bonds. The Kier molecular flexibility index (Phi) is 3.29. The van der Waals surface area contributed by atoms with Gasteiger partial charge in [0.2, 0.25) is 0 Å². The summed E-state index contributed by atoms with van der Waals surface area (Å²) in [5.74, 6) is -0.130. The second-order valence-electron chi connectivity index (χ2n) is 3.81. The largest absolute Gasteiger partial charge is 0.507 e. The third-order valence-electron chi connectivity index (χ3n) is 2.55. The summed E-state index contributed by atoms with van der Waals surface area (Å²) < 4.78 is 0.784. The molecule has 0 aliphatic carbocycles. The smallest absolute Gasteiger partial charge is 0.196 e. The average molecular weight is 291 g/mol. The van der Waals surface area contributed by atoms with E-state index >= 15 is 0 Å². The number of benzene rings is 2. The first-order valence-electron chi connectivity index (χ1n) is 5.18. The Morgan fingerprint density at radius 2 is 1.82 bits per heavy atom. The summed E-state index contributed by atoms with van der Waals surface area (Å²) in [6.45, 7) is 1.77. The van der Waals surface area contributed by atoms with Gasteiger partial charge in [-0.3, -0.25) is 4.79 Å². The summed E-state index contributed by atoms with van der Waals surface area (Å²) in [5.41, 5.74) is 1.57. The van der Waals surface area contributed by atoms with Crippen LogP contribution in [0.2, 0.25) is 0 Å². The molecule has 0 fully saturated rings. The molecule has 0 spiro atoms. The highest BCUT2D eigenvalue weighted by molar-refractivity contribution is 9.10. The van der Waals surface area contributed by atoms with Gasteiger partial charge >= 0.3 is 0 Å². The van der Waals surface area contributed by atoms with E-state index in [0.29, 0.717) is 16.7 Å². The molecule has 2 nitrogen and oxygen atoms in total. The number of phenols is 1. The minimum Gasteiger partial charge on any atom is -0.507 e. The van der Waals surface area contributed by atoms with E-state index in [1.165, 1.54) is 0 Å². The minimum atomic E-state index is -0.174. The molecule has 0 aliphatic heterocycles. The maximum atomic E-state index is 12.2. The van der Waals surface area contributed by atoms with Gasteiger partial charge in [-0.1, -0.05) is 46.3 Å². The predicted octanol–water partition coefficient (Wildman–Crippen LogP) is 3.69. The zero-order chi connectivity index (χ0) is 12.4. The zero-order valence-electron chi connectivity index (χ0n) is 9.27. The van der Waals surface area contributed by atoms with Crippen LogP contribution in [-0.2, 0) is 0 Å². The van der Waals surface area contributed by atoms with Gasteiger partial charge in [-0.15, -0.1) is 0 Å². The van der Waals surface area contributed by atoms with Gasteiger partial charge in [0, 0.05) is 10.0 Å². The Balaban J connectivity index is 2.52. The first kappa shape index (κ1) is 11.9. The van der Waals surface area contributed by atoms with Crippen molar-refractivity contribution in [1.82, 2.24) is 0 Å². The number of halogens is 1. The number of hydrogen-bond acceptors (Lipinski definition) is 2. The zero-order valence-corrected chi connectivity index (χ0v) is 10.9. The summed E-state index contributed by atoms with van der Waals surface area (Å²) in [4.78, 5) is 12.2. The fraction of sp³-hybridized carbons (Fsp3) is 0.0714. The molecule has 0 saturated heterocycles. The van der Waals surface area contributed by atoms with Crippen molar-refractivity contribution in [3.05, 3.63) is 63.6 Å². The van der Waals surface area contributed by atoms with Crippen LogP contribution in [0.5, 0.6) is 5.75 Å². The Labute approximate surface area is 108 Å². The fourth-order valence-electron chi connectivity index (χ4n) is 1.65. The Morgan fingerprint density at radius 3 is 2.47 bits per heavy atom. The van der Waals surface area contributed by atoms with Crippen LogP contribution in [0, 0.1) is 6.92 Å². The number of hydrogen-bond donors (Lipinski definition) is 1. The first-order chi connectivity index (χ1) is 8.09. The van der Waals surface area contributed by atoms with Crippen LogP contribution in [-0.4, -0.2) is 10.9 Å². The van der Waals surface area contributed by atoms with Gasteiger partial charge in [0.15, 0.2) is 5.78 Å². The van der Waals surface area contributed by atoms with Crippen molar-refractivity contribution in [3.63, 3.8) is 0 Å². The van der Waals surface area contributed by atoms with Gasteiger partial charge in [0.25, 0.3) is 0 Å². The summed E-state index contributed by atoms with van der Waals surface area (Å²) in [6.07, 6.45) is 0. The summed E-state index contributed by atoms with van der Waals surface area (Å²) in [6, 6.07) is 12.3. The molecule has 0 aromatic heterocycles. The van der Waals surface area contributed by atoms with E-state index in [-0.39, 0.29) is 11.5 Å². The minimum absolute atomic E-state index is 0.0436. The maximum absolute atomic E-state index is 12.2.